The van der Waals surface area contributed by atoms with Gasteiger partial charge in [-0.3, -0.25) is 19.2 Å². The molecule has 0 saturated heterocycles. The number of nitrogens with one attached hydrogen (secondary N) is 4. The number of carbonyl (C=O) groups is 4. The lowest BCUT2D eigenvalue weighted by atomic mass is 10.1. The predicted octanol–water partition coefficient (Wildman–Crippen LogP) is 5.67. The van der Waals surface area contributed by atoms with Crippen LogP contribution in [0.5, 0.6) is 11.5 Å². The minimum atomic E-state index is -0.172. The molecule has 2 rings (SSSR count). The van der Waals surface area contributed by atoms with Crippen molar-refractivity contribution >= 4 is 46.9 Å². The van der Waals surface area contributed by atoms with E-state index in [1.54, 1.807) is 52.0 Å². The third-order valence-corrected chi connectivity index (χ3v) is 6.03. The third kappa shape index (κ3) is 13.4. The van der Waals surface area contributed by atoms with Crippen molar-refractivity contribution in [2.24, 2.45) is 0 Å². The maximum atomic E-state index is 11.8. The monoisotopic (exact) mass is 584 g/mol. The van der Waals surface area contributed by atoms with Crippen LogP contribution in [0.25, 0.3) is 0 Å². The minimum Gasteiger partial charge on any atom is -0.493 e. The molecule has 0 aliphatic rings. The van der Waals surface area contributed by atoms with E-state index in [2.05, 4.69) is 31.2 Å². The molecule has 230 valence electrons. The fourth-order valence-electron chi connectivity index (χ4n) is 3.65. The number of hydrogen-bond acceptors (Lipinski definition) is 8. The van der Waals surface area contributed by atoms with E-state index in [4.69, 9.17) is 9.47 Å². The number of anilines is 4. The van der Waals surface area contributed by atoms with E-state index in [-0.39, 0.29) is 23.6 Å². The van der Waals surface area contributed by atoms with Crippen LogP contribution in [0.1, 0.15) is 91.9 Å². The Morgan fingerprint density at radius 2 is 0.762 bits per heavy atom. The molecule has 0 bridgehead atoms. The van der Waals surface area contributed by atoms with Crippen LogP contribution in [0.3, 0.4) is 0 Å². The molecular weight excluding hydrogens is 540 g/mol. The summed E-state index contributed by atoms with van der Waals surface area (Å²) < 4.78 is 11.7. The van der Waals surface area contributed by atoms with Crippen molar-refractivity contribution in [2.45, 2.75) is 91.9 Å². The van der Waals surface area contributed by atoms with Gasteiger partial charge in [-0.2, -0.15) is 0 Å². The van der Waals surface area contributed by atoms with Gasteiger partial charge in [-0.1, -0.05) is 53.4 Å². The van der Waals surface area contributed by atoms with E-state index in [0.29, 0.717) is 73.7 Å². The number of rotatable bonds is 19. The highest BCUT2D eigenvalue weighted by Gasteiger charge is 2.10. The minimum absolute atomic E-state index is 0.172. The van der Waals surface area contributed by atoms with Crippen molar-refractivity contribution in [3.8, 4) is 11.5 Å². The molecule has 2 aromatic rings. The third-order valence-electron chi connectivity index (χ3n) is 6.03. The molecular formula is C30H44N6O6. The van der Waals surface area contributed by atoms with Crippen LogP contribution >= 0.6 is 0 Å². The van der Waals surface area contributed by atoms with E-state index in [0.717, 1.165) is 38.5 Å². The molecule has 0 spiro atoms. The van der Waals surface area contributed by atoms with Gasteiger partial charge in [0.15, 0.2) is 0 Å². The van der Waals surface area contributed by atoms with E-state index < -0.39 is 0 Å². The first kappa shape index (κ1) is 34.0. The van der Waals surface area contributed by atoms with E-state index in [1.165, 1.54) is 0 Å². The Bertz CT molecular complexity index is 1020. The Hall–Kier alpha value is -4.22. The summed E-state index contributed by atoms with van der Waals surface area (Å²) >= 11 is 0. The maximum Gasteiger partial charge on any atom is 0.225 e. The molecule has 0 aromatic carbocycles. The van der Waals surface area contributed by atoms with Gasteiger partial charge >= 0.3 is 0 Å². The molecule has 0 aliphatic carbocycles. The maximum absolute atomic E-state index is 11.8. The van der Waals surface area contributed by atoms with Crippen LogP contribution in [0, 0.1) is 0 Å². The van der Waals surface area contributed by atoms with Gasteiger partial charge in [0, 0.05) is 49.9 Å². The highest BCUT2D eigenvalue weighted by Crippen LogP contribution is 2.23. The van der Waals surface area contributed by atoms with E-state index in [1.807, 2.05) is 0 Å². The predicted molar refractivity (Wildman–Crippen MR) is 163 cm³/mol. The van der Waals surface area contributed by atoms with Crippen LogP contribution < -0.4 is 30.7 Å². The Morgan fingerprint density at radius 1 is 0.500 bits per heavy atom. The van der Waals surface area contributed by atoms with Gasteiger partial charge in [-0.15, -0.1) is 0 Å². The van der Waals surface area contributed by atoms with E-state index >= 15 is 0 Å². The topological polar surface area (TPSA) is 161 Å². The Balaban J connectivity index is 1.72. The zero-order valence-corrected chi connectivity index (χ0v) is 25.1. The van der Waals surface area contributed by atoms with Crippen molar-refractivity contribution in [3.63, 3.8) is 0 Å². The van der Waals surface area contributed by atoms with Crippen molar-refractivity contribution < 1.29 is 28.7 Å². The number of aromatic nitrogens is 2. The van der Waals surface area contributed by atoms with Gasteiger partial charge in [-0.25, -0.2) is 9.97 Å². The van der Waals surface area contributed by atoms with Crippen LogP contribution in [0.15, 0.2) is 24.3 Å². The van der Waals surface area contributed by atoms with Gasteiger partial charge in [-0.05, 0) is 12.8 Å². The first-order valence-corrected chi connectivity index (χ1v) is 14.7. The van der Waals surface area contributed by atoms with Gasteiger partial charge < -0.3 is 30.7 Å². The lowest BCUT2D eigenvalue weighted by Crippen LogP contribution is -2.14. The van der Waals surface area contributed by atoms with Crippen molar-refractivity contribution in [3.05, 3.63) is 24.3 Å². The Kier molecular flexibility index (Phi) is 15.4. The normalized spacial score (nSPS) is 10.5. The molecule has 0 fully saturated rings. The fourth-order valence-corrected chi connectivity index (χ4v) is 3.65. The van der Waals surface area contributed by atoms with Gasteiger partial charge in [0.1, 0.15) is 34.8 Å². The molecule has 0 unspecified atom stereocenters. The second-order valence-corrected chi connectivity index (χ2v) is 9.57. The molecule has 4 amide bonds. The van der Waals surface area contributed by atoms with Crippen LogP contribution in [-0.4, -0.2) is 46.8 Å². The van der Waals surface area contributed by atoms with Crippen LogP contribution in [-0.2, 0) is 19.2 Å². The number of hydrogen-bond donors (Lipinski definition) is 4. The molecule has 0 atom stereocenters. The smallest absolute Gasteiger partial charge is 0.225 e. The average molecular weight is 585 g/mol. The first-order chi connectivity index (χ1) is 20.3. The Labute approximate surface area is 247 Å². The lowest BCUT2D eigenvalue weighted by molar-refractivity contribution is -0.116. The molecule has 2 aromatic heterocycles. The zero-order valence-electron chi connectivity index (χ0n) is 25.1. The zero-order chi connectivity index (χ0) is 30.7. The van der Waals surface area contributed by atoms with Gasteiger partial charge in [0.2, 0.25) is 23.6 Å². The molecule has 0 saturated carbocycles. The quantitative estimate of drug-likeness (QED) is 0.154. The molecule has 2 heterocycles. The van der Waals surface area contributed by atoms with Crippen molar-refractivity contribution in [1.82, 2.24) is 9.97 Å². The standard InChI is InChI=1S/C30H44N6O6/c1-5-27(37)33-23-17-21(18-24(31-23)34-28(38)6-2)41-15-13-11-9-10-12-14-16-42-22-19-25(35-29(39)7-3)32-26(20-22)36-30(40)8-4/h17-20H,5-16H2,1-4H3,(H2,31,33,34,37,38)(H2,32,35,36,39,40). The number of unbranched alkanes of at least 4 members (excludes halogenated alkanes) is 5. The fraction of sp³-hybridized carbons (Fsp3) is 0.533. The second kappa shape index (κ2) is 19.0. The molecule has 0 aliphatic heterocycles. The average Bonchev–Trinajstić information content (AvgIpc) is 2.97. The second-order valence-electron chi connectivity index (χ2n) is 9.57. The summed E-state index contributed by atoms with van der Waals surface area (Å²) in [7, 11) is 0. The SMILES string of the molecule is CCC(=O)Nc1cc(OCCCCCCCCOc2cc(NC(=O)CC)nc(NC(=O)CC)c2)cc(NC(=O)CC)n1. The van der Waals surface area contributed by atoms with E-state index in [9.17, 15) is 19.2 Å². The molecule has 12 heteroatoms. The molecule has 42 heavy (non-hydrogen) atoms. The highest BCUT2D eigenvalue weighted by atomic mass is 16.5. The summed E-state index contributed by atoms with van der Waals surface area (Å²) in [6.45, 7) is 8.01. The summed E-state index contributed by atoms with van der Waals surface area (Å²) in [5.74, 6) is 1.72. The summed E-state index contributed by atoms with van der Waals surface area (Å²) in [6, 6.07) is 6.61. The molecule has 12 nitrogen and oxygen atoms in total. The van der Waals surface area contributed by atoms with Gasteiger partial charge in [0.25, 0.3) is 0 Å². The summed E-state index contributed by atoms with van der Waals surface area (Å²) in [5.41, 5.74) is 0. The van der Waals surface area contributed by atoms with Gasteiger partial charge in [0.05, 0.1) is 13.2 Å². The number of ether oxygens (including phenoxy) is 2. The lowest BCUT2D eigenvalue weighted by Gasteiger charge is -2.12. The number of pyridine rings is 2. The Morgan fingerprint density at radius 3 is 1.02 bits per heavy atom. The molecule has 0 radical (unpaired) electrons. The summed E-state index contributed by atoms with van der Waals surface area (Å²) in [5, 5.41) is 10.8. The number of nitrogens with zero attached hydrogens (tertiary/aromatic N) is 2. The number of carbonyl (C=O) groups excluding carboxylic acids is 4. The van der Waals surface area contributed by atoms with Crippen molar-refractivity contribution in [1.29, 1.82) is 0 Å². The molecule has 4 N–H and O–H groups in total. The summed E-state index contributed by atoms with van der Waals surface area (Å²) in [4.78, 5) is 55.7. The van der Waals surface area contributed by atoms with Crippen LogP contribution in [0.2, 0.25) is 0 Å². The largest absolute Gasteiger partial charge is 0.493 e. The number of amides is 4. The van der Waals surface area contributed by atoms with Crippen molar-refractivity contribution in [2.75, 3.05) is 34.5 Å². The van der Waals surface area contributed by atoms with Crippen LogP contribution in [0.4, 0.5) is 23.3 Å². The highest BCUT2D eigenvalue weighted by molar-refractivity contribution is 5.93. The first-order valence-electron chi connectivity index (χ1n) is 14.7. The summed E-state index contributed by atoms with van der Waals surface area (Å²) in [6.07, 6.45) is 7.08.